The zero-order valence-electron chi connectivity index (χ0n) is 36.2. The molecule has 9 aromatic rings. The van der Waals surface area contributed by atoms with Gasteiger partial charge in [0.25, 0.3) is 0 Å². The summed E-state index contributed by atoms with van der Waals surface area (Å²) >= 11 is 1.83. The van der Waals surface area contributed by atoms with Gasteiger partial charge >= 0.3 is 0 Å². The molecule has 0 aliphatic rings. The van der Waals surface area contributed by atoms with Crippen LogP contribution in [0.5, 0.6) is 0 Å². The predicted octanol–water partition coefficient (Wildman–Crippen LogP) is 18.0. The lowest BCUT2D eigenvalue weighted by Gasteiger charge is -2.27. The van der Waals surface area contributed by atoms with Crippen LogP contribution in [0.25, 0.3) is 49.4 Å². The maximum Gasteiger partial charge on any atom is 0.0462 e. The molecular formula is C60H50N2S. The lowest BCUT2D eigenvalue weighted by molar-refractivity contribution is 1.28. The predicted molar refractivity (Wildman–Crippen MR) is 273 cm³/mol. The van der Waals surface area contributed by atoms with Gasteiger partial charge in [0.05, 0.1) is 0 Å². The molecule has 0 aliphatic carbocycles. The van der Waals surface area contributed by atoms with E-state index in [0.717, 1.165) is 45.3 Å². The molecule has 0 aliphatic heterocycles. The van der Waals surface area contributed by atoms with Gasteiger partial charge in [-0.2, -0.15) is 0 Å². The van der Waals surface area contributed by atoms with Crippen LogP contribution in [0.1, 0.15) is 31.2 Å². The third-order valence-corrected chi connectivity index (χ3v) is 12.5. The molecule has 0 fully saturated rings. The Labute approximate surface area is 377 Å². The molecule has 306 valence electrons. The molecule has 2 nitrogen and oxygen atoms in total. The molecule has 0 radical (unpaired) electrons. The van der Waals surface area contributed by atoms with Crippen molar-refractivity contribution < 1.29 is 0 Å². The van der Waals surface area contributed by atoms with Gasteiger partial charge in [-0.1, -0.05) is 151 Å². The van der Waals surface area contributed by atoms with Crippen LogP contribution in [0.2, 0.25) is 0 Å². The lowest BCUT2D eigenvalue weighted by atomic mass is 10.0. The zero-order valence-corrected chi connectivity index (χ0v) is 37.1. The van der Waals surface area contributed by atoms with Crippen molar-refractivity contribution in [3.63, 3.8) is 0 Å². The first-order valence-electron chi connectivity index (χ1n) is 21.6. The fraction of sp³-hybridized carbons (Fsp3) is 0.0667. The molecule has 0 bridgehead atoms. The Hall–Kier alpha value is -7.46. The highest BCUT2D eigenvalue weighted by Crippen LogP contribution is 2.40. The molecule has 1 heterocycles. The fourth-order valence-electron chi connectivity index (χ4n) is 7.99. The van der Waals surface area contributed by atoms with Gasteiger partial charge in [-0.15, -0.1) is 11.3 Å². The summed E-state index contributed by atoms with van der Waals surface area (Å²) in [5.74, 6) is 0. The summed E-state index contributed by atoms with van der Waals surface area (Å²) in [5.41, 5.74) is 18.7. The van der Waals surface area contributed by atoms with Crippen LogP contribution >= 0.6 is 11.3 Å². The van der Waals surface area contributed by atoms with E-state index in [1.165, 1.54) is 54.3 Å². The molecule has 3 heteroatoms. The van der Waals surface area contributed by atoms with Crippen LogP contribution in [-0.4, -0.2) is 0 Å². The summed E-state index contributed by atoms with van der Waals surface area (Å²) in [6.07, 6.45) is 4.37. The number of aryl methyl sites for hydroxylation is 1. The van der Waals surface area contributed by atoms with Crippen LogP contribution in [0.4, 0.5) is 34.1 Å². The number of nitrogens with zero attached hydrogens (tertiary/aromatic N) is 2. The fourth-order valence-corrected chi connectivity index (χ4v) is 8.87. The molecular weight excluding hydrogens is 781 g/mol. The quantitative estimate of drug-likeness (QED) is 0.113. The SMILES string of the molecule is CC(C)=C/C=C(\C)c1ccc(N(c2ccc(-c3ccc(N(c4ccc(-c5ccccc5)cc4)c4ccc(-c5ccccc5)cc4)cc3)cc2)c2ccc(-c3ccc(C)s3)cc2)cc1. The van der Waals surface area contributed by atoms with Crippen LogP contribution < -0.4 is 9.80 Å². The van der Waals surface area contributed by atoms with Crippen LogP contribution in [0, 0.1) is 6.92 Å². The highest BCUT2D eigenvalue weighted by molar-refractivity contribution is 7.15. The average Bonchev–Trinajstić information content (AvgIpc) is 3.79. The molecule has 0 amide bonds. The van der Waals surface area contributed by atoms with Gasteiger partial charge in [0.1, 0.15) is 0 Å². The van der Waals surface area contributed by atoms with Gasteiger partial charge in [0.2, 0.25) is 0 Å². The van der Waals surface area contributed by atoms with Gasteiger partial charge in [-0.05, 0) is 163 Å². The Morgan fingerprint density at radius 1 is 0.333 bits per heavy atom. The third-order valence-electron chi connectivity index (χ3n) is 11.4. The highest BCUT2D eigenvalue weighted by Gasteiger charge is 2.16. The number of benzene rings is 8. The molecule has 9 rings (SSSR count). The summed E-state index contributed by atoms with van der Waals surface area (Å²) in [6.45, 7) is 8.59. The first-order valence-corrected chi connectivity index (χ1v) is 22.4. The van der Waals surface area contributed by atoms with E-state index in [2.05, 4.69) is 268 Å². The Morgan fingerprint density at radius 2 is 0.651 bits per heavy atom. The molecule has 0 N–H and O–H groups in total. The van der Waals surface area contributed by atoms with E-state index in [9.17, 15) is 0 Å². The molecule has 1 aromatic heterocycles. The lowest BCUT2D eigenvalue weighted by Crippen LogP contribution is -2.10. The van der Waals surface area contributed by atoms with Crippen molar-refractivity contribution in [2.24, 2.45) is 0 Å². The monoisotopic (exact) mass is 830 g/mol. The minimum absolute atomic E-state index is 1.09. The maximum atomic E-state index is 2.35. The Balaban J connectivity index is 1.02. The second-order valence-electron chi connectivity index (χ2n) is 16.2. The Morgan fingerprint density at radius 3 is 0.968 bits per heavy atom. The van der Waals surface area contributed by atoms with Gasteiger partial charge in [0.15, 0.2) is 0 Å². The highest BCUT2D eigenvalue weighted by atomic mass is 32.1. The summed E-state index contributed by atoms with van der Waals surface area (Å²) in [5, 5.41) is 0. The zero-order chi connectivity index (χ0) is 43.1. The number of hydrogen-bond acceptors (Lipinski definition) is 3. The molecule has 63 heavy (non-hydrogen) atoms. The summed E-state index contributed by atoms with van der Waals surface area (Å²) in [4.78, 5) is 7.29. The minimum Gasteiger partial charge on any atom is -0.311 e. The summed E-state index contributed by atoms with van der Waals surface area (Å²) in [6, 6.07) is 79.0. The van der Waals surface area contributed by atoms with E-state index in [4.69, 9.17) is 0 Å². The van der Waals surface area contributed by atoms with Crippen LogP contribution in [0.3, 0.4) is 0 Å². The van der Waals surface area contributed by atoms with E-state index in [1.807, 2.05) is 11.3 Å². The molecule has 0 atom stereocenters. The summed E-state index contributed by atoms with van der Waals surface area (Å²) < 4.78 is 0. The van der Waals surface area contributed by atoms with Crippen LogP contribution in [0.15, 0.2) is 236 Å². The number of anilines is 6. The molecule has 8 aromatic carbocycles. The Bertz CT molecular complexity index is 2870. The second-order valence-corrected chi connectivity index (χ2v) is 17.5. The van der Waals surface area contributed by atoms with Crippen molar-refractivity contribution in [1.29, 1.82) is 0 Å². The van der Waals surface area contributed by atoms with Crippen LogP contribution in [-0.2, 0) is 0 Å². The van der Waals surface area contributed by atoms with E-state index in [1.54, 1.807) is 0 Å². The van der Waals surface area contributed by atoms with Gasteiger partial charge in [0, 0.05) is 43.9 Å². The number of hydrogen-bond donors (Lipinski definition) is 0. The average molecular weight is 831 g/mol. The van der Waals surface area contributed by atoms with Crippen molar-refractivity contribution in [3.8, 4) is 43.8 Å². The standard InChI is InChI=1S/C60H50N2S/c1-43(2)15-16-44(3)46-18-30-54(31-19-46)61(59-40-28-53(29-41-59)60-42-17-45(4)63-60)57-36-24-51(25-37-57)52-26-38-58(39-27-52)62(55-32-20-49(21-33-55)47-11-7-5-8-12-47)56-34-22-50(23-35-56)48-13-9-6-10-14-48/h5-42H,1-4H3/b44-16+. The number of rotatable bonds is 12. The van der Waals surface area contributed by atoms with Gasteiger partial charge in [-0.3, -0.25) is 0 Å². The smallest absolute Gasteiger partial charge is 0.0462 e. The van der Waals surface area contributed by atoms with Crippen molar-refractivity contribution in [3.05, 3.63) is 247 Å². The van der Waals surface area contributed by atoms with E-state index >= 15 is 0 Å². The molecule has 0 saturated carbocycles. The normalized spacial score (nSPS) is 11.3. The molecule has 0 unspecified atom stereocenters. The van der Waals surface area contributed by atoms with Crippen molar-refractivity contribution >= 4 is 51.0 Å². The first-order chi connectivity index (χ1) is 30.9. The van der Waals surface area contributed by atoms with Crippen molar-refractivity contribution in [1.82, 2.24) is 0 Å². The van der Waals surface area contributed by atoms with Crippen molar-refractivity contribution in [2.75, 3.05) is 9.80 Å². The van der Waals surface area contributed by atoms with E-state index in [-0.39, 0.29) is 0 Å². The van der Waals surface area contributed by atoms with Gasteiger partial charge < -0.3 is 9.80 Å². The molecule has 0 spiro atoms. The van der Waals surface area contributed by atoms with Gasteiger partial charge in [-0.25, -0.2) is 0 Å². The minimum atomic E-state index is 1.09. The Kier molecular flexibility index (Phi) is 12.1. The first kappa shape index (κ1) is 40.9. The number of allylic oxidation sites excluding steroid dienone is 4. The maximum absolute atomic E-state index is 2.35. The number of thiophene rings is 1. The molecule has 0 saturated heterocycles. The topological polar surface area (TPSA) is 6.48 Å². The second kappa shape index (κ2) is 18.7. The van der Waals surface area contributed by atoms with E-state index in [0.29, 0.717) is 0 Å². The summed E-state index contributed by atoms with van der Waals surface area (Å²) in [7, 11) is 0. The van der Waals surface area contributed by atoms with Crippen molar-refractivity contribution in [2.45, 2.75) is 27.7 Å². The largest absolute Gasteiger partial charge is 0.311 e. The van der Waals surface area contributed by atoms with E-state index < -0.39 is 0 Å². The third kappa shape index (κ3) is 9.40.